The molecule has 2 heterocycles. The first-order valence-corrected chi connectivity index (χ1v) is 10.2. The second-order valence-electron chi connectivity index (χ2n) is 7.79. The van der Waals surface area contributed by atoms with Crippen molar-refractivity contribution in [2.75, 3.05) is 47.0 Å². The Labute approximate surface area is 176 Å². The average molecular weight is 407 g/mol. The molecule has 3 aromatic rings. The highest BCUT2D eigenvalue weighted by Crippen LogP contribution is 2.30. The van der Waals surface area contributed by atoms with Crippen molar-refractivity contribution >= 4 is 28.7 Å². The smallest absolute Gasteiger partial charge is 0.159 e. The van der Waals surface area contributed by atoms with Crippen LogP contribution in [0.3, 0.4) is 0 Å². The van der Waals surface area contributed by atoms with Crippen molar-refractivity contribution in [3.05, 3.63) is 66.2 Å². The van der Waals surface area contributed by atoms with Crippen LogP contribution in [-0.4, -0.2) is 36.1 Å². The van der Waals surface area contributed by atoms with Gasteiger partial charge >= 0.3 is 0 Å². The molecule has 1 aliphatic heterocycles. The highest BCUT2D eigenvalue weighted by molar-refractivity contribution is 5.78. The highest BCUT2D eigenvalue weighted by atomic mass is 19.1. The second kappa shape index (κ2) is 8.57. The lowest BCUT2D eigenvalue weighted by molar-refractivity contribution is 0.596. The molecule has 156 valence electrons. The van der Waals surface area contributed by atoms with Crippen LogP contribution in [0, 0.1) is 5.82 Å². The second-order valence-corrected chi connectivity index (χ2v) is 7.79. The van der Waals surface area contributed by atoms with E-state index in [-0.39, 0.29) is 5.82 Å². The van der Waals surface area contributed by atoms with Gasteiger partial charge in [0.2, 0.25) is 0 Å². The summed E-state index contributed by atoms with van der Waals surface area (Å²) in [6, 6.07) is 15.2. The zero-order valence-corrected chi connectivity index (χ0v) is 17.3. The van der Waals surface area contributed by atoms with Gasteiger partial charge in [-0.1, -0.05) is 38.1 Å². The third-order valence-electron chi connectivity index (χ3n) is 5.48. The lowest BCUT2D eigenvalue weighted by atomic mass is 10.0. The quantitative estimate of drug-likeness (QED) is 0.655. The third kappa shape index (κ3) is 4.15. The van der Waals surface area contributed by atoms with E-state index < -0.39 is 0 Å². The summed E-state index contributed by atoms with van der Waals surface area (Å²) in [5.41, 5.74) is 9.78. The Hall–Kier alpha value is -3.35. The van der Waals surface area contributed by atoms with Crippen LogP contribution in [-0.2, 0) is 0 Å². The molecule has 1 aromatic heterocycles. The SMILES string of the molecule is CC(C)c1ccc(Nc2ncnc(N3CCN(c4ccccc4F)CC3)c2N)cc1. The molecule has 4 rings (SSSR count). The van der Waals surface area contributed by atoms with Crippen LogP contribution in [0.25, 0.3) is 0 Å². The van der Waals surface area contributed by atoms with E-state index in [9.17, 15) is 4.39 Å². The molecule has 2 aromatic carbocycles. The van der Waals surface area contributed by atoms with E-state index in [1.807, 2.05) is 24.3 Å². The van der Waals surface area contributed by atoms with Gasteiger partial charge in [0.25, 0.3) is 0 Å². The number of rotatable bonds is 5. The zero-order valence-electron chi connectivity index (χ0n) is 17.3. The summed E-state index contributed by atoms with van der Waals surface area (Å²) in [6.45, 7) is 7.15. The van der Waals surface area contributed by atoms with Crippen LogP contribution in [0.5, 0.6) is 0 Å². The van der Waals surface area contributed by atoms with E-state index in [1.165, 1.54) is 18.0 Å². The molecule has 0 radical (unpaired) electrons. The number of hydrogen-bond acceptors (Lipinski definition) is 6. The van der Waals surface area contributed by atoms with Crippen LogP contribution in [0.4, 0.5) is 33.1 Å². The summed E-state index contributed by atoms with van der Waals surface area (Å²) in [5.74, 6) is 1.59. The van der Waals surface area contributed by atoms with E-state index >= 15 is 0 Å². The maximum atomic E-state index is 14.1. The van der Waals surface area contributed by atoms with Crippen LogP contribution < -0.4 is 20.9 Å². The van der Waals surface area contributed by atoms with Gasteiger partial charge in [-0.05, 0) is 35.7 Å². The first-order valence-electron chi connectivity index (χ1n) is 10.2. The maximum absolute atomic E-state index is 14.1. The molecule has 3 N–H and O–H groups in total. The number of nitrogens with two attached hydrogens (primary N) is 1. The van der Waals surface area contributed by atoms with Gasteiger partial charge in [-0.15, -0.1) is 0 Å². The molecular formula is C23H27FN6. The first kappa shape index (κ1) is 19.9. The molecule has 0 saturated carbocycles. The number of nitrogens with one attached hydrogen (secondary N) is 1. The lowest BCUT2D eigenvalue weighted by Gasteiger charge is -2.37. The number of benzene rings is 2. The van der Waals surface area contributed by atoms with Crippen molar-refractivity contribution in [2.24, 2.45) is 0 Å². The molecule has 0 aliphatic carbocycles. The predicted molar refractivity (Wildman–Crippen MR) is 121 cm³/mol. The van der Waals surface area contributed by atoms with Gasteiger partial charge in [-0.25, -0.2) is 14.4 Å². The minimum atomic E-state index is -0.192. The molecule has 0 atom stereocenters. The summed E-state index contributed by atoms with van der Waals surface area (Å²) in [7, 11) is 0. The molecule has 1 saturated heterocycles. The highest BCUT2D eigenvalue weighted by Gasteiger charge is 2.22. The molecular weight excluding hydrogens is 379 g/mol. The monoisotopic (exact) mass is 406 g/mol. The van der Waals surface area contributed by atoms with Gasteiger partial charge in [0, 0.05) is 31.9 Å². The topological polar surface area (TPSA) is 70.3 Å². The van der Waals surface area contributed by atoms with Gasteiger partial charge in [-0.3, -0.25) is 0 Å². The summed E-state index contributed by atoms with van der Waals surface area (Å²) in [6.07, 6.45) is 1.53. The van der Waals surface area contributed by atoms with E-state index in [2.05, 4.69) is 51.1 Å². The Balaban J connectivity index is 1.46. The molecule has 7 heteroatoms. The van der Waals surface area contributed by atoms with Crippen molar-refractivity contribution in [2.45, 2.75) is 19.8 Å². The third-order valence-corrected chi connectivity index (χ3v) is 5.48. The summed E-state index contributed by atoms with van der Waals surface area (Å²) >= 11 is 0. The number of para-hydroxylation sites is 1. The molecule has 0 bridgehead atoms. The Morgan fingerprint density at radius 2 is 1.60 bits per heavy atom. The van der Waals surface area contributed by atoms with E-state index in [0.717, 1.165) is 5.69 Å². The van der Waals surface area contributed by atoms with Crippen LogP contribution >= 0.6 is 0 Å². The van der Waals surface area contributed by atoms with Crippen molar-refractivity contribution in [1.82, 2.24) is 9.97 Å². The Kier molecular flexibility index (Phi) is 5.70. The van der Waals surface area contributed by atoms with E-state index in [1.54, 1.807) is 6.07 Å². The number of aromatic nitrogens is 2. The van der Waals surface area contributed by atoms with Crippen molar-refractivity contribution in [3.8, 4) is 0 Å². The average Bonchev–Trinajstić information content (AvgIpc) is 2.76. The number of halogens is 1. The lowest BCUT2D eigenvalue weighted by Crippen LogP contribution is -2.47. The van der Waals surface area contributed by atoms with Gasteiger partial charge in [0.1, 0.15) is 17.8 Å². The number of nitrogens with zero attached hydrogens (tertiary/aromatic N) is 4. The summed E-state index contributed by atoms with van der Waals surface area (Å²) < 4.78 is 14.1. The standard InChI is InChI=1S/C23H27FN6/c1-16(2)17-7-9-18(10-8-17)28-22-21(25)23(27-15-26-22)30-13-11-29(12-14-30)20-6-4-3-5-19(20)24/h3-10,15-16H,11-14,25H2,1-2H3,(H,26,27,28). The maximum Gasteiger partial charge on any atom is 0.159 e. The van der Waals surface area contributed by atoms with Gasteiger partial charge in [0.05, 0.1) is 5.69 Å². The molecule has 1 fully saturated rings. The van der Waals surface area contributed by atoms with Crippen molar-refractivity contribution in [1.29, 1.82) is 0 Å². The van der Waals surface area contributed by atoms with Gasteiger partial charge in [0.15, 0.2) is 11.6 Å². The predicted octanol–water partition coefficient (Wildman–Crippen LogP) is 4.39. The Morgan fingerprint density at radius 1 is 0.933 bits per heavy atom. The fourth-order valence-electron chi connectivity index (χ4n) is 3.69. The molecule has 0 unspecified atom stereocenters. The van der Waals surface area contributed by atoms with Crippen LogP contribution in [0.15, 0.2) is 54.9 Å². The Bertz CT molecular complexity index is 997. The van der Waals surface area contributed by atoms with E-state index in [4.69, 9.17) is 5.73 Å². The normalized spacial score (nSPS) is 14.3. The summed E-state index contributed by atoms with van der Waals surface area (Å²) in [5, 5.41) is 3.30. The van der Waals surface area contributed by atoms with Crippen LogP contribution in [0.1, 0.15) is 25.3 Å². The summed E-state index contributed by atoms with van der Waals surface area (Å²) in [4.78, 5) is 12.9. The molecule has 1 aliphatic rings. The number of piperazine rings is 1. The fraction of sp³-hybridized carbons (Fsp3) is 0.304. The largest absolute Gasteiger partial charge is 0.393 e. The van der Waals surface area contributed by atoms with Gasteiger partial charge in [-0.2, -0.15) is 0 Å². The molecule has 6 nitrogen and oxygen atoms in total. The number of anilines is 5. The minimum Gasteiger partial charge on any atom is -0.393 e. The van der Waals surface area contributed by atoms with Crippen LogP contribution in [0.2, 0.25) is 0 Å². The zero-order chi connectivity index (χ0) is 21.1. The first-order chi connectivity index (χ1) is 14.5. The molecule has 0 amide bonds. The van der Waals surface area contributed by atoms with Crippen molar-refractivity contribution < 1.29 is 4.39 Å². The van der Waals surface area contributed by atoms with Crippen molar-refractivity contribution in [3.63, 3.8) is 0 Å². The molecule has 0 spiro atoms. The minimum absolute atomic E-state index is 0.192. The number of hydrogen-bond donors (Lipinski definition) is 2. The number of nitrogen functional groups attached to an aromatic ring is 1. The Morgan fingerprint density at radius 3 is 2.27 bits per heavy atom. The fourth-order valence-corrected chi connectivity index (χ4v) is 3.69. The van der Waals surface area contributed by atoms with E-state index in [0.29, 0.717) is 55.1 Å². The molecule has 30 heavy (non-hydrogen) atoms. The van der Waals surface area contributed by atoms with Gasteiger partial charge < -0.3 is 20.9 Å².